The Balaban J connectivity index is 3.71. The Bertz CT molecular complexity index is 114. The molecule has 4 N–H and O–H groups in total. The van der Waals surface area contributed by atoms with Gasteiger partial charge in [-0.1, -0.05) is 0 Å². The molecule has 0 bridgehead atoms. The molecule has 4 nitrogen and oxygen atoms in total. The first-order valence-electron chi connectivity index (χ1n) is 3.31. The Labute approximate surface area is 60.4 Å². The van der Waals surface area contributed by atoms with Gasteiger partial charge in [-0.05, 0) is 13.8 Å². The molecule has 0 aliphatic heterocycles. The summed E-state index contributed by atoms with van der Waals surface area (Å²) in [6, 6.07) is -0.806. The summed E-state index contributed by atoms with van der Waals surface area (Å²) in [6.07, 6.45) is -0.786. The van der Waals surface area contributed by atoms with Gasteiger partial charge in [-0.15, -0.1) is 0 Å². The lowest BCUT2D eigenvalue weighted by Gasteiger charge is -2.12. The molecule has 4 heteroatoms. The molecule has 0 saturated heterocycles. The van der Waals surface area contributed by atoms with E-state index in [1.165, 1.54) is 6.92 Å². The first kappa shape index (κ1) is 9.39. The minimum atomic E-state index is -0.806. The first-order valence-corrected chi connectivity index (χ1v) is 3.31. The van der Waals surface area contributed by atoms with Crippen LogP contribution in [0.3, 0.4) is 0 Å². The summed E-state index contributed by atoms with van der Waals surface area (Å²) in [7, 11) is 0. The minimum Gasteiger partial charge on any atom is -0.391 e. The van der Waals surface area contributed by atoms with E-state index < -0.39 is 12.1 Å². The molecule has 60 valence electrons. The zero-order chi connectivity index (χ0) is 8.15. The number of hydrogen-bond acceptors (Lipinski definition) is 3. The summed E-state index contributed by atoms with van der Waals surface area (Å²) in [5.41, 5.74) is 5.28. The van der Waals surface area contributed by atoms with Crippen LogP contribution in [0.5, 0.6) is 0 Å². The van der Waals surface area contributed by atoms with Gasteiger partial charge in [-0.3, -0.25) is 4.79 Å². The van der Waals surface area contributed by atoms with Crippen molar-refractivity contribution in [2.75, 3.05) is 6.54 Å². The van der Waals surface area contributed by atoms with Crippen LogP contribution in [0.25, 0.3) is 0 Å². The van der Waals surface area contributed by atoms with Crippen molar-refractivity contribution < 1.29 is 9.90 Å². The van der Waals surface area contributed by atoms with Crippen molar-refractivity contribution in [2.45, 2.75) is 26.0 Å². The molecule has 2 unspecified atom stereocenters. The van der Waals surface area contributed by atoms with Crippen LogP contribution in [0.1, 0.15) is 13.8 Å². The number of amides is 1. The Hall–Kier alpha value is -0.610. The number of nitrogens with one attached hydrogen (secondary N) is 1. The highest BCUT2D eigenvalue weighted by atomic mass is 16.3. The number of likely N-dealkylation sites (N-methyl/N-ethyl adjacent to an activating group) is 1. The summed E-state index contributed by atoms with van der Waals surface area (Å²) in [5, 5.41) is 11.3. The second kappa shape index (κ2) is 4.24. The average Bonchev–Trinajstić information content (AvgIpc) is 1.87. The molecular formula is C6H14N2O2. The maximum atomic E-state index is 10.8. The molecule has 0 spiro atoms. The van der Waals surface area contributed by atoms with Crippen LogP contribution in [-0.4, -0.2) is 29.7 Å². The van der Waals surface area contributed by atoms with Crippen molar-refractivity contribution in [1.82, 2.24) is 5.32 Å². The van der Waals surface area contributed by atoms with E-state index in [1.54, 1.807) is 6.92 Å². The van der Waals surface area contributed by atoms with E-state index in [2.05, 4.69) is 5.32 Å². The van der Waals surface area contributed by atoms with E-state index >= 15 is 0 Å². The number of rotatable bonds is 3. The summed E-state index contributed by atoms with van der Waals surface area (Å²) in [5.74, 6) is -0.308. The largest absolute Gasteiger partial charge is 0.391 e. The van der Waals surface area contributed by atoms with E-state index in [0.717, 1.165) is 0 Å². The van der Waals surface area contributed by atoms with Crippen LogP contribution in [0.15, 0.2) is 0 Å². The third-order valence-corrected chi connectivity index (χ3v) is 1.17. The van der Waals surface area contributed by atoms with E-state index in [0.29, 0.717) is 6.54 Å². The third-order valence-electron chi connectivity index (χ3n) is 1.17. The lowest BCUT2D eigenvalue weighted by Crippen LogP contribution is -2.47. The topological polar surface area (TPSA) is 75.4 Å². The normalized spacial score (nSPS) is 16.0. The first-order chi connectivity index (χ1) is 4.59. The smallest absolute Gasteiger partial charge is 0.239 e. The second-order valence-electron chi connectivity index (χ2n) is 2.16. The quantitative estimate of drug-likeness (QED) is 0.469. The van der Waals surface area contributed by atoms with Gasteiger partial charge in [0.25, 0.3) is 0 Å². The zero-order valence-corrected chi connectivity index (χ0v) is 6.29. The Morgan fingerprint density at radius 2 is 2.30 bits per heavy atom. The lowest BCUT2D eigenvalue weighted by atomic mass is 10.2. The molecule has 1 amide bonds. The molecule has 0 radical (unpaired) electrons. The maximum Gasteiger partial charge on any atom is 0.239 e. The third kappa shape index (κ3) is 2.80. The van der Waals surface area contributed by atoms with Crippen LogP contribution in [0, 0.1) is 0 Å². The van der Waals surface area contributed by atoms with E-state index in [4.69, 9.17) is 10.8 Å². The molecular weight excluding hydrogens is 132 g/mol. The fourth-order valence-electron chi connectivity index (χ4n) is 0.511. The monoisotopic (exact) mass is 146 g/mol. The van der Waals surface area contributed by atoms with Gasteiger partial charge in [0.2, 0.25) is 5.91 Å². The standard InChI is InChI=1S/C6H14N2O2/c1-3-8-6(10)5(7)4(2)9/h4-5,9H,3,7H2,1-2H3,(H,8,10). The van der Waals surface area contributed by atoms with Gasteiger partial charge >= 0.3 is 0 Å². The van der Waals surface area contributed by atoms with Gasteiger partial charge in [0.05, 0.1) is 6.10 Å². The summed E-state index contributed by atoms with van der Waals surface area (Å²) >= 11 is 0. The Morgan fingerprint density at radius 3 is 2.60 bits per heavy atom. The van der Waals surface area contributed by atoms with Crippen molar-refractivity contribution in [3.05, 3.63) is 0 Å². The van der Waals surface area contributed by atoms with E-state index in [-0.39, 0.29) is 5.91 Å². The molecule has 0 aromatic carbocycles. The molecule has 0 fully saturated rings. The van der Waals surface area contributed by atoms with Crippen LogP contribution in [0.4, 0.5) is 0 Å². The highest BCUT2D eigenvalue weighted by Gasteiger charge is 2.16. The Morgan fingerprint density at radius 1 is 1.80 bits per heavy atom. The lowest BCUT2D eigenvalue weighted by molar-refractivity contribution is -0.124. The van der Waals surface area contributed by atoms with Crippen molar-refractivity contribution in [2.24, 2.45) is 5.73 Å². The maximum absolute atomic E-state index is 10.8. The number of nitrogens with two attached hydrogens (primary N) is 1. The van der Waals surface area contributed by atoms with Crippen LogP contribution in [0.2, 0.25) is 0 Å². The van der Waals surface area contributed by atoms with Gasteiger partial charge in [0.15, 0.2) is 0 Å². The molecule has 10 heavy (non-hydrogen) atoms. The van der Waals surface area contributed by atoms with E-state index in [1.807, 2.05) is 0 Å². The molecule has 0 aliphatic rings. The molecule has 0 saturated carbocycles. The molecule has 0 aromatic rings. The van der Waals surface area contributed by atoms with Crippen LogP contribution < -0.4 is 11.1 Å². The van der Waals surface area contributed by atoms with Gasteiger partial charge in [0, 0.05) is 6.54 Å². The highest BCUT2D eigenvalue weighted by Crippen LogP contribution is 1.86. The van der Waals surface area contributed by atoms with Gasteiger partial charge in [-0.2, -0.15) is 0 Å². The van der Waals surface area contributed by atoms with Crippen LogP contribution in [-0.2, 0) is 4.79 Å². The van der Waals surface area contributed by atoms with Crippen molar-refractivity contribution in [3.8, 4) is 0 Å². The Kier molecular flexibility index (Phi) is 3.99. The van der Waals surface area contributed by atoms with Crippen molar-refractivity contribution >= 4 is 5.91 Å². The van der Waals surface area contributed by atoms with Gasteiger partial charge in [-0.25, -0.2) is 0 Å². The number of hydrogen-bond donors (Lipinski definition) is 3. The van der Waals surface area contributed by atoms with Crippen LogP contribution >= 0.6 is 0 Å². The summed E-state index contributed by atoms with van der Waals surface area (Å²) in [6.45, 7) is 3.83. The van der Waals surface area contributed by atoms with Gasteiger partial charge in [0.1, 0.15) is 6.04 Å². The summed E-state index contributed by atoms with van der Waals surface area (Å²) < 4.78 is 0. The van der Waals surface area contributed by atoms with Crippen molar-refractivity contribution in [3.63, 3.8) is 0 Å². The summed E-state index contributed by atoms with van der Waals surface area (Å²) in [4.78, 5) is 10.8. The number of aliphatic hydroxyl groups excluding tert-OH is 1. The molecule has 0 aliphatic carbocycles. The predicted molar refractivity (Wildman–Crippen MR) is 38.3 cm³/mol. The molecule has 2 atom stereocenters. The molecule has 0 heterocycles. The minimum absolute atomic E-state index is 0.308. The molecule has 0 rings (SSSR count). The molecule has 0 aromatic heterocycles. The zero-order valence-electron chi connectivity index (χ0n) is 6.29. The second-order valence-corrected chi connectivity index (χ2v) is 2.16. The number of aliphatic hydroxyl groups is 1. The number of carbonyl (C=O) groups is 1. The van der Waals surface area contributed by atoms with E-state index in [9.17, 15) is 4.79 Å². The highest BCUT2D eigenvalue weighted by molar-refractivity contribution is 5.81. The fraction of sp³-hybridized carbons (Fsp3) is 0.833. The average molecular weight is 146 g/mol. The number of carbonyl (C=O) groups excluding carboxylic acids is 1. The predicted octanol–water partition coefficient (Wildman–Crippen LogP) is -1.17. The van der Waals surface area contributed by atoms with Gasteiger partial charge < -0.3 is 16.2 Å². The SMILES string of the molecule is CCNC(=O)C(N)C(C)O. The fourth-order valence-corrected chi connectivity index (χ4v) is 0.511. The van der Waals surface area contributed by atoms with Crippen molar-refractivity contribution in [1.29, 1.82) is 0 Å².